The number of methoxy groups -OCH3 is 1. The van der Waals surface area contributed by atoms with E-state index in [-0.39, 0.29) is 0 Å². The van der Waals surface area contributed by atoms with Crippen LogP contribution in [0.5, 0.6) is 5.75 Å². The molecule has 0 spiro atoms. The minimum atomic E-state index is 0.439. The number of hydrogen-bond acceptors (Lipinski definition) is 5. The van der Waals surface area contributed by atoms with Crippen LogP contribution in [0.25, 0.3) is 11.0 Å². The van der Waals surface area contributed by atoms with Gasteiger partial charge in [-0.3, -0.25) is 0 Å². The zero-order valence-electron chi connectivity index (χ0n) is 11.4. The van der Waals surface area contributed by atoms with Crippen molar-refractivity contribution in [3.05, 3.63) is 48.3 Å². The van der Waals surface area contributed by atoms with Gasteiger partial charge in [0.15, 0.2) is 5.65 Å². The third-order valence-electron chi connectivity index (χ3n) is 3.01. The van der Waals surface area contributed by atoms with E-state index < -0.39 is 0 Å². The highest BCUT2D eigenvalue weighted by Gasteiger charge is 2.07. The Morgan fingerprint density at radius 1 is 1.19 bits per heavy atom. The molecule has 3 rings (SSSR count). The number of nitrogens with zero attached hydrogens (tertiary/aromatic N) is 3. The molecule has 0 aliphatic rings. The Balaban J connectivity index is 2.01. The van der Waals surface area contributed by atoms with Gasteiger partial charge in [0.05, 0.1) is 18.2 Å². The van der Waals surface area contributed by atoms with Crippen LogP contribution in [0.4, 0.5) is 11.6 Å². The number of anilines is 2. The van der Waals surface area contributed by atoms with Gasteiger partial charge in [0.1, 0.15) is 5.75 Å². The van der Waals surface area contributed by atoms with Gasteiger partial charge in [-0.05, 0) is 18.2 Å². The average Bonchev–Trinajstić information content (AvgIpc) is 2.54. The van der Waals surface area contributed by atoms with Gasteiger partial charge in [0.2, 0.25) is 5.95 Å². The van der Waals surface area contributed by atoms with Crippen LogP contribution >= 0.6 is 0 Å². The van der Waals surface area contributed by atoms with E-state index in [2.05, 4.69) is 26.2 Å². The van der Waals surface area contributed by atoms with Gasteiger partial charge in [0, 0.05) is 18.0 Å². The molecule has 0 fully saturated rings. The van der Waals surface area contributed by atoms with E-state index in [0.717, 1.165) is 16.6 Å². The molecule has 0 saturated heterocycles. The van der Waals surface area contributed by atoms with E-state index in [9.17, 15) is 0 Å². The summed E-state index contributed by atoms with van der Waals surface area (Å²) in [7, 11) is 1.61. The molecule has 5 nitrogen and oxygen atoms in total. The van der Waals surface area contributed by atoms with Crippen LogP contribution in [0.15, 0.2) is 42.7 Å². The first kappa shape index (κ1) is 12.9. The number of aromatic nitrogens is 3. The monoisotopic (exact) mass is 276 g/mol. The zero-order chi connectivity index (χ0) is 14.7. The maximum atomic E-state index is 5.45. The minimum Gasteiger partial charge on any atom is -0.495 e. The van der Waals surface area contributed by atoms with Crippen molar-refractivity contribution in [1.29, 1.82) is 0 Å². The molecule has 0 saturated carbocycles. The minimum absolute atomic E-state index is 0.439. The molecule has 21 heavy (non-hydrogen) atoms. The van der Waals surface area contributed by atoms with E-state index >= 15 is 0 Å². The van der Waals surface area contributed by atoms with E-state index in [0.29, 0.717) is 17.3 Å². The van der Waals surface area contributed by atoms with Crippen LogP contribution in [0, 0.1) is 12.3 Å². The van der Waals surface area contributed by atoms with Crippen LogP contribution in [0.2, 0.25) is 0 Å². The van der Waals surface area contributed by atoms with Gasteiger partial charge in [-0.15, -0.1) is 6.42 Å². The van der Waals surface area contributed by atoms with Gasteiger partial charge < -0.3 is 10.1 Å². The summed E-state index contributed by atoms with van der Waals surface area (Å²) in [6.45, 7) is 0. The first-order chi connectivity index (χ1) is 10.3. The molecule has 102 valence electrons. The molecule has 2 aromatic heterocycles. The van der Waals surface area contributed by atoms with Crippen molar-refractivity contribution in [2.45, 2.75) is 0 Å². The van der Waals surface area contributed by atoms with Crippen molar-refractivity contribution >= 4 is 22.7 Å². The number of fused-ring (bicyclic) bond motifs is 1. The van der Waals surface area contributed by atoms with Crippen LogP contribution in [0.1, 0.15) is 5.56 Å². The number of para-hydroxylation sites is 2. The highest BCUT2D eigenvalue weighted by Crippen LogP contribution is 2.26. The van der Waals surface area contributed by atoms with Gasteiger partial charge in [-0.25, -0.2) is 9.97 Å². The lowest BCUT2D eigenvalue weighted by atomic mass is 10.2. The Bertz CT molecular complexity index is 839. The predicted octanol–water partition coefficient (Wildman–Crippen LogP) is 2.76. The SMILES string of the molecule is C#Cc1ccnc2nc(Nc3ccccc3OC)ncc12. The van der Waals surface area contributed by atoms with E-state index in [1.807, 2.05) is 24.3 Å². The second kappa shape index (κ2) is 5.47. The van der Waals surface area contributed by atoms with Crippen molar-refractivity contribution in [3.63, 3.8) is 0 Å². The molecule has 0 radical (unpaired) electrons. The maximum absolute atomic E-state index is 5.45. The Morgan fingerprint density at radius 3 is 2.86 bits per heavy atom. The van der Waals surface area contributed by atoms with Crippen LogP contribution in [-0.4, -0.2) is 22.1 Å². The fourth-order valence-electron chi connectivity index (χ4n) is 1.99. The highest BCUT2D eigenvalue weighted by molar-refractivity contribution is 5.82. The Labute approximate surface area is 122 Å². The first-order valence-electron chi connectivity index (χ1n) is 6.30. The quantitative estimate of drug-likeness (QED) is 0.745. The molecular formula is C16H12N4O. The molecule has 3 aromatic rings. The Morgan fingerprint density at radius 2 is 2.05 bits per heavy atom. The third-order valence-corrected chi connectivity index (χ3v) is 3.01. The molecule has 0 atom stereocenters. The lowest BCUT2D eigenvalue weighted by molar-refractivity contribution is 0.417. The lowest BCUT2D eigenvalue weighted by Crippen LogP contribution is -2.00. The summed E-state index contributed by atoms with van der Waals surface area (Å²) in [5.74, 6) is 3.75. The van der Waals surface area contributed by atoms with E-state index in [4.69, 9.17) is 11.2 Å². The molecule has 0 aliphatic carbocycles. The normalized spacial score (nSPS) is 10.1. The number of ether oxygens (including phenoxy) is 1. The van der Waals surface area contributed by atoms with E-state index in [1.165, 1.54) is 0 Å². The summed E-state index contributed by atoms with van der Waals surface area (Å²) < 4.78 is 5.28. The van der Waals surface area contributed by atoms with Gasteiger partial charge in [-0.2, -0.15) is 4.98 Å². The average molecular weight is 276 g/mol. The molecule has 1 aromatic carbocycles. The number of pyridine rings is 1. The summed E-state index contributed by atoms with van der Waals surface area (Å²) in [6.07, 6.45) is 8.76. The Hall–Kier alpha value is -3.13. The van der Waals surface area contributed by atoms with Gasteiger partial charge in [-0.1, -0.05) is 18.1 Å². The molecule has 1 N–H and O–H groups in total. The van der Waals surface area contributed by atoms with Crippen molar-refractivity contribution in [2.75, 3.05) is 12.4 Å². The Kier molecular flexibility index (Phi) is 3.36. The largest absolute Gasteiger partial charge is 0.495 e. The van der Waals surface area contributed by atoms with Gasteiger partial charge >= 0.3 is 0 Å². The van der Waals surface area contributed by atoms with Crippen molar-refractivity contribution in [1.82, 2.24) is 15.0 Å². The number of benzene rings is 1. The van der Waals surface area contributed by atoms with Crippen LogP contribution in [0.3, 0.4) is 0 Å². The topological polar surface area (TPSA) is 59.9 Å². The lowest BCUT2D eigenvalue weighted by Gasteiger charge is -2.09. The molecular weight excluding hydrogens is 264 g/mol. The first-order valence-corrected chi connectivity index (χ1v) is 6.30. The standard InChI is InChI=1S/C16H12N4O/c1-3-11-8-9-17-15-12(11)10-18-16(20-15)19-13-6-4-5-7-14(13)21-2/h1,4-10H,2H3,(H,17,18,19,20). The van der Waals surface area contributed by atoms with Crippen LogP contribution < -0.4 is 10.1 Å². The smallest absolute Gasteiger partial charge is 0.229 e. The molecule has 0 amide bonds. The molecule has 5 heteroatoms. The summed E-state index contributed by atoms with van der Waals surface area (Å²) in [6, 6.07) is 9.31. The molecule has 2 heterocycles. The second-order valence-electron chi connectivity index (χ2n) is 4.26. The van der Waals surface area contributed by atoms with Gasteiger partial charge in [0.25, 0.3) is 0 Å². The van der Waals surface area contributed by atoms with Crippen molar-refractivity contribution < 1.29 is 4.74 Å². The third kappa shape index (κ3) is 2.47. The number of rotatable bonds is 3. The summed E-state index contributed by atoms with van der Waals surface area (Å²) in [5.41, 5.74) is 2.06. The summed E-state index contributed by atoms with van der Waals surface area (Å²) >= 11 is 0. The predicted molar refractivity (Wildman–Crippen MR) is 81.5 cm³/mol. The van der Waals surface area contributed by atoms with Crippen molar-refractivity contribution in [3.8, 4) is 18.1 Å². The fraction of sp³-hybridized carbons (Fsp3) is 0.0625. The zero-order valence-corrected chi connectivity index (χ0v) is 11.4. The number of hydrogen-bond donors (Lipinski definition) is 1. The highest BCUT2D eigenvalue weighted by atomic mass is 16.5. The van der Waals surface area contributed by atoms with Crippen molar-refractivity contribution in [2.24, 2.45) is 0 Å². The second-order valence-corrected chi connectivity index (χ2v) is 4.26. The molecule has 0 bridgehead atoms. The number of nitrogens with one attached hydrogen (secondary N) is 1. The summed E-state index contributed by atoms with van der Waals surface area (Å²) in [4.78, 5) is 12.9. The maximum Gasteiger partial charge on any atom is 0.229 e. The molecule has 0 unspecified atom stereocenters. The molecule has 0 aliphatic heterocycles. The fourth-order valence-corrected chi connectivity index (χ4v) is 1.99. The number of terminal acetylenes is 1. The summed E-state index contributed by atoms with van der Waals surface area (Å²) in [5, 5.41) is 3.87. The van der Waals surface area contributed by atoms with Crippen LogP contribution in [-0.2, 0) is 0 Å². The van der Waals surface area contributed by atoms with E-state index in [1.54, 1.807) is 25.6 Å².